The molecule has 0 aliphatic rings. The summed E-state index contributed by atoms with van der Waals surface area (Å²) in [4.78, 5) is 16.2. The van der Waals surface area contributed by atoms with Crippen molar-refractivity contribution >= 4 is 22.4 Å². The quantitative estimate of drug-likeness (QED) is 0.773. The fraction of sp³-hybridized carbons (Fsp3) is 0.267. The molecule has 0 fully saturated rings. The summed E-state index contributed by atoms with van der Waals surface area (Å²) in [6.07, 6.45) is 0.622. The first-order valence-corrected chi connectivity index (χ1v) is 7.91. The first-order valence-electron chi connectivity index (χ1n) is 7.10. The Bertz CT molecular complexity index is 827. The summed E-state index contributed by atoms with van der Waals surface area (Å²) in [5, 5.41) is 15.6. The van der Waals surface area contributed by atoms with Crippen molar-refractivity contribution in [3.63, 3.8) is 0 Å². The van der Waals surface area contributed by atoms with Crippen LogP contribution < -0.4 is 5.32 Å². The van der Waals surface area contributed by atoms with Crippen molar-refractivity contribution in [1.29, 1.82) is 0 Å². The van der Waals surface area contributed by atoms with Gasteiger partial charge in [-0.15, -0.1) is 10.2 Å². The lowest BCUT2D eigenvalue weighted by Gasteiger charge is -1.98. The molecule has 1 amide bonds. The van der Waals surface area contributed by atoms with Crippen molar-refractivity contribution in [2.75, 3.05) is 5.32 Å². The van der Waals surface area contributed by atoms with Gasteiger partial charge in [0.2, 0.25) is 22.8 Å². The molecule has 0 unspecified atom stereocenters. The molecule has 1 aromatic carbocycles. The standard InChI is InChI=1S/C15H15N5O2S/c1-9-4-3-5-11(8-9)14-17-13(22-20-14)7-6-12(21)16-15-19-18-10(2)23-15/h3-5,8H,6-7H2,1-2H3,(H,16,19,21). The maximum absolute atomic E-state index is 11.9. The SMILES string of the molecule is Cc1cccc(-c2noc(CCC(=O)Nc3nnc(C)s3)n2)c1. The second-order valence-electron chi connectivity index (χ2n) is 5.06. The van der Waals surface area contributed by atoms with E-state index in [1.807, 2.05) is 38.1 Å². The number of carbonyl (C=O) groups is 1. The Balaban J connectivity index is 1.58. The Kier molecular flexibility index (Phi) is 4.42. The molecular formula is C15H15N5O2S. The van der Waals surface area contributed by atoms with Crippen molar-refractivity contribution in [2.45, 2.75) is 26.7 Å². The maximum Gasteiger partial charge on any atom is 0.227 e. The normalized spacial score (nSPS) is 10.7. The lowest BCUT2D eigenvalue weighted by Crippen LogP contribution is -2.12. The van der Waals surface area contributed by atoms with Gasteiger partial charge in [-0.05, 0) is 19.9 Å². The summed E-state index contributed by atoms with van der Waals surface area (Å²) in [6, 6.07) is 7.85. The molecule has 0 aliphatic carbocycles. The Morgan fingerprint density at radius 3 is 2.91 bits per heavy atom. The van der Waals surface area contributed by atoms with E-state index >= 15 is 0 Å². The van der Waals surface area contributed by atoms with Crippen molar-refractivity contribution in [2.24, 2.45) is 0 Å². The zero-order valence-corrected chi connectivity index (χ0v) is 13.6. The molecule has 2 heterocycles. The van der Waals surface area contributed by atoms with E-state index < -0.39 is 0 Å². The fourth-order valence-electron chi connectivity index (χ4n) is 2.01. The highest BCUT2D eigenvalue weighted by Gasteiger charge is 2.12. The molecule has 0 saturated carbocycles. The van der Waals surface area contributed by atoms with Gasteiger partial charge in [0.25, 0.3) is 0 Å². The molecule has 7 nitrogen and oxygen atoms in total. The van der Waals surface area contributed by atoms with E-state index in [1.54, 1.807) is 0 Å². The van der Waals surface area contributed by atoms with Gasteiger partial charge < -0.3 is 9.84 Å². The van der Waals surface area contributed by atoms with Gasteiger partial charge in [0, 0.05) is 18.4 Å². The number of aromatic nitrogens is 4. The van der Waals surface area contributed by atoms with E-state index in [0.717, 1.165) is 16.1 Å². The number of hydrogen-bond donors (Lipinski definition) is 1. The number of rotatable bonds is 5. The maximum atomic E-state index is 11.9. The van der Waals surface area contributed by atoms with E-state index in [1.165, 1.54) is 11.3 Å². The van der Waals surface area contributed by atoms with E-state index in [0.29, 0.717) is 23.3 Å². The molecule has 0 spiro atoms. The number of amides is 1. The highest BCUT2D eigenvalue weighted by atomic mass is 32.1. The molecule has 2 aromatic heterocycles. The zero-order valence-electron chi connectivity index (χ0n) is 12.7. The number of carbonyl (C=O) groups excluding carboxylic acids is 1. The summed E-state index contributed by atoms with van der Waals surface area (Å²) in [6.45, 7) is 3.84. The Hall–Kier alpha value is -2.61. The van der Waals surface area contributed by atoms with Gasteiger partial charge in [-0.2, -0.15) is 4.98 Å². The molecule has 23 heavy (non-hydrogen) atoms. The van der Waals surface area contributed by atoms with Gasteiger partial charge in [0.15, 0.2) is 0 Å². The molecule has 0 atom stereocenters. The van der Waals surface area contributed by atoms with E-state index in [2.05, 4.69) is 25.7 Å². The number of anilines is 1. The second kappa shape index (κ2) is 6.66. The lowest BCUT2D eigenvalue weighted by atomic mass is 10.1. The third-order valence-electron chi connectivity index (χ3n) is 3.08. The number of aryl methyl sites for hydroxylation is 3. The molecule has 0 aliphatic heterocycles. The predicted molar refractivity (Wildman–Crippen MR) is 86.1 cm³/mol. The van der Waals surface area contributed by atoms with Crippen LogP contribution in [0.3, 0.4) is 0 Å². The molecule has 0 saturated heterocycles. The van der Waals surface area contributed by atoms with Crippen LogP contribution in [0.25, 0.3) is 11.4 Å². The summed E-state index contributed by atoms with van der Waals surface area (Å²) in [5.41, 5.74) is 2.02. The number of nitrogens with zero attached hydrogens (tertiary/aromatic N) is 4. The van der Waals surface area contributed by atoms with Crippen LogP contribution in [0.4, 0.5) is 5.13 Å². The summed E-state index contributed by atoms with van der Waals surface area (Å²) < 4.78 is 5.20. The lowest BCUT2D eigenvalue weighted by molar-refractivity contribution is -0.116. The van der Waals surface area contributed by atoms with E-state index in [9.17, 15) is 4.79 Å². The van der Waals surface area contributed by atoms with Crippen LogP contribution in [0.2, 0.25) is 0 Å². The van der Waals surface area contributed by atoms with Crippen molar-refractivity contribution in [3.05, 3.63) is 40.7 Å². The van der Waals surface area contributed by atoms with Gasteiger partial charge in [-0.1, -0.05) is 40.3 Å². The minimum Gasteiger partial charge on any atom is -0.339 e. The average Bonchev–Trinajstić information content (AvgIpc) is 3.14. The van der Waals surface area contributed by atoms with Crippen LogP contribution in [0.5, 0.6) is 0 Å². The van der Waals surface area contributed by atoms with Crippen molar-refractivity contribution in [1.82, 2.24) is 20.3 Å². The highest BCUT2D eigenvalue weighted by molar-refractivity contribution is 7.15. The number of hydrogen-bond acceptors (Lipinski definition) is 7. The van der Waals surface area contributed by atoms with Crippen LogP contribution >= 0.6 is 11.3 Å². The molecule has 118 valence electrons. The van der Waals surface area contributed by atoms with Crippen LogP contribution in [-0.2, 0) is 11.2 Å². The van der Waals surface area contributed by atoms with Crippen LogP contribution in [0, 0.1) is 13.8 Å². The third kappa shape index (κ3) is 3.98. The summed E-state index contributed by atoms with van der Waals surface area (Å²) >= 11 is 1.33. The third-order valence-corrected chi connectivity index (χ3v) is 3.84. The van der Waals surface area contributed by atoms with E-state index in [-0.39, 0.29) is 12.3 Å². The first-order chi connectivity index (χ1) is 11.1. The predicted octanol–water partition coefficient (Wildman–Crippen LogP) is 2.78. The molecule has 1 N–H and O–H groups in total. The van der Waals surface area contributed by atoms with Crippen LogP contribution in [-0.4, -0.2) is 26.2 Å². The van der Waals surface area contributed by atoms with Gasteiger partial charge in [0.05, 0.1) is 0 Å². The minimum atomic E-state index is -0.156. The van der Waals surface area contributed by atoms with Crippen LogP contribution in [0.1, 0.15) is 22.9 Å². The Morgan fingerprint density at radius 2 is 2.17 bits per heavy atom. The largest absolute Gasteiger partial charge is 0.339 e. The molecule has 3 aromatic rings. The highest BCUT2D eigenvalue weighted by Crippen LogP contribution is 2.18. The van der Waals surface area contributed by atoms with E-state index in [4.69, 9.17) is 4.52 Å². The minimum absolute atomic E-state index is 0.156. The molecule has 3 rings (SSSR count). The fourth-order valence-corrected chi connectivity index (χ4v) is 2.62. The second-order valence-corrected chi connectivity index (χ2v) is 6.24. The average molecular weight is 329 g/mol. The molecule has 8 heteroatoms. The number of nitrogens with one attached hydrogen (secondary N) is 1. The molecular weight excluding hydrogens is 314 g/mol. The van der Waals surface area contributed by atoms with Gasteiger partial charge in [-0.3, -0.25) is 4.79 Å². The van der Waals surface area contributed by atoms with Gasteiger partial charge in [-0.25, -0.2) is 0 Å². The first kappa shape index (κ1) is 15.3. The smallest absolute Gasteiger partial charge is 0.227 e. The topological polar surface area (TPSA) is 93.8 Å². The Morgan fingerprint density at radius 1 is 1.30 bits per heavy atom. The molecule has 0 radical (unpaired) electrons. The summed E-state index contributed by atoms with van der Waals surface area (Å²) in [7, 11) is 0. The van der Waals surface area contributed by atoms with Crippen molar-refractivity contribution < 1.29 is 9.32 Å². The number of benzene rings is 1. The zero-order chi connectivity index (χ0) is 16.2. The van der Waals surface area contributed by atoms with Crippen molar-refractivity contribution in [3.8, 4) is 11.4 Å². The van der Waals surface area contributed by atoms with Crippen LogP contribution in [0.15, 0.2) is 28.8 Å². The molecule has 0 bridgehead atoms. The monoisotopic (exact) mass is 329 g/mol. The van der Waals surface area contributed by atoms with Gasteiger partial charge in [0.1, 0.15) is 5.01 Å². The van der Waals surface area contributed by atoms with Gasteiger partial charge >= 0.3 is 0 Å². The summed E-state index contributed by atoms with van der Waals surface area (Å²) in [5.74, 6) is 0.811. The Labute approximate surface area is 136 Å².